The lowest BCUT2D eigenvalue weighted by Gasteiger charge is -2.56. The van der Waals surface area contributed by atoms with Crippen molar-refractivity contribution in [3.05, 3.63) is 87.4 Å². The average Bonchev–Trinajstić information content (AvgIpc) is 2.76. The van der Waals surface area contributed by atoms with Gasteiger partial charge in [0.05, 0.1) is 11.1 Å². The van der Waals surface area contributed by atoms with Crippen molar-refractivity contribution in [2.24, 2.45) is 5.92 Å². The van der Waals surface area contributed by atoms with Crippen molar-refractivity contribution < 1.29 is 9.53 Å². The first-order valence-electron chi connectivity index (χ1n) is 10.2. The smallest absolute Gasteiger partial charge is 0.236 e. The number of carbonyl (C=O) groups is 1. The highest BCUT2D eigenvalue weighted by atomic mass is 35.5. The standard InChI is InChI=1S/C24H18Cl3N3O2S/c1-24-19(22(31)28-15-9-7-13(25)8-10-15)20(17-11-14(26)12-18(27)21(17)32-24)29-23(33)30(24)16-5-3-2-4-6-16/h2-12,19-20H,1H3,(H,28,31)(H,29,33)/t19-,20+,24-/m0/s1. The molecule has 0 spiro atoms. The van der Waals surface area contributed by atoms with Gasteiger partial charge < -0.3 is 15.4 Å². The topological polar surface area (TPSA) is 53.6 Å². The van der Waals surface area contributed by atoms with Crippen molar-refractivity contribution in [3.63, 3.8) is 0 Å². The lowest BCUT2D eigenvalue weighted by molar-refractivity contribution is -0.130. The third kappa shape index (κ3) is 3.81. The van der Waals surface area contributed by atoms with Gasteiger partial charge in [-0.1, -0.05) is 53.0 Å². The summed E-state index contributed by atoms with van der Waals surface area (Å²) in [5.74, 6) is -0.482. The number of benzene rings is 3. The molecule has 5 rings (SSSR count). The molecular weight excluding hydrogens is 501 g/mol. The van der Waals surface area contributed by atoms with E-state index < -0.39 is 17.7 Å². The first kappa shape index (κ1) is 22.3. The van der Waals surface area contributed by atoms with Gasteiger partial charge in [-0.05, 0) is 67.7 Å². The number of ether oxygens (including phenoxy) is 1. The van der Waals surface area contributed by atoms with Crippen molar-refractivity contribution >= 4 is 69.4 Å². The van der Waals surface area contributed by atoms with Crippen LogP contribution in [0.5, 0.6) is 5.75 Å². The monoisotopic (exact) mass is 517 g/mol. The molecule has 3 atom stereocenters. The third-order valence-electron chi connectivity index (χ3n) is 5.93. The van der Waals surface area contributed by atoms with Crippen LogP contribution in [0.25, 0.3) is 0 Å². The zero-order chi connectivity index (χ0) is 23.3. The van der Waals surface area contributed by atoms with Gasteiger partial charge in [0.25, 0.3) is 0 Å². The zero-order valence-electron chi connectivity index (χ0n) is 17.3. The van der Waals surface area contributed by atoms with E-state index in [1.807, 2.05) is 42.2 Å². The Kier molecular flexibility index (Phi) is 5.65. The second-order valence-corrected chi connectivity index (χ2v) is 9.70. The van der Waals surface area contributed by atoms with E-state index in [0.29, 0.717) is 37.2 Å². The van der Waals surface area contributed by atoms with E-state index in [0.717, 1.165) is 5.69 Å². The molecule has 2 heterocycles. The van der Waals surface area contributed by atoms with Crippen LogP contribution >= 0.6 is 47.0 Å². The van der Waals surface area contributed by atoms with Crippen molar-refractivity contribution in [2.75, 3.05) is 10.2 Å². The van der Waals surface area contributed by atoms with E-state index in [2.05, 4.69) is 10.6 Å². The summed E-state index contributed by atoms with van der Waals surface area (Å²) in [5.41, 5.74) is 0.912. The predicted molar refractivity (Wildman–Crippen MR) is 136 cm³/mol. The number of anilines is 2. The summed E-state index contributed by atoms with van der Waals surface area (Å²) in [7, 11) is 0. The SMILES string of the molecule is C[C@@]12Oc3c(Cl)cc(Cl)cc3[C@@H](NC(=S)N1c1ccccc1)[C@H]2C(=O)Nc1ccc(Cl)cc1. The molecule has 3 aromatic rings. The minimum absolute atomic E-state index is 0.248. The van der Waals surface area contributed by atoms with Gasteiger partial charge in [0.1, 0.15) is 11.7 Å². The van der Waals surface area contributed by atoms with Crippen molar-refractivity contribution in [1.82, 2.24) is 5.32 Å². The Labute approximate surface area is 211 Å². The molecule has 0 saturated carbocycles. The van der Waals surface area contributed by atoms with Gasteiger partial charge in [-0.2, -0.15) is 0 Å². The molecule has 168 valence electrons. The first-order valence-corrected chi connectivity index (χ1v) is 11.7. The summed E-state index contributed by atoms with van der Waals surface area (Å²) in [5, 5.41) is 8.15. The second-order valence-electron chi connectivity index (χ2n) is 8.03. The number of para-hydroxylation sites is 1. The van der Waals surface area contributed by atoms with Crippen LogP contribution in [-0.2, 0) is 4.79 Å². The predicted octanol–water partition coefficient (Wildman–Crippen LogP) is 6.45. The summed E-state index contributed by atoms with van der Waals surface area (Å²) in [6.07, 6.45) is 0. The van der Waals surface area contributed by atoms with Crippen LogP contribution in [0.1, 0.15) is 18.5 Å². The van der Waals surface area contributed by atoms with Gasteiger partial charge in [-0.15, -0.1) is 0 Å². The summed E-state index contributed by atoms with van der Waals surface area (Å²) in [6, 6.07) is 19.3. The average molecular weight is 519 g/mol. The Morgan fingerprint density at radius 2 is 1.76 bits per heavy atom. The third-order valence-corrected chi connectivity index (χ3v) is 6.98. The highest BCUT2D eigenvalue weighted by Crippen LogP contribution is 2.52. The highest BCUT2D eigenvalue weighted by molar-refractivity contribution is 7.80. The normalized spacial score (nSPS) is 23.3. The molecule has 9 heteroatoms. The molecule has 0 radical (unpaired) electrons. The molecule has 2 aliphatic heterocycles. The number of amides is 1. The van der Waals surface area contributed by atoms with Crippen molar-refractivity contribution in [3.8, 4) is 5.75 Å². The number of hydrogen-bond donors (Lipinski definition) is 2. The van der Waals surface area contributed by atoms with Crippen LogP contribution in [0.15, 0.2) is 66.7 Å². The molecule has 5 nitrogen and oxygen atoms in total. The van der Waals surface area contributed by atoms with E-state index in [-0.39, 0.29) is 5.91 Å². The molecule has 33 heavy (non-hydrogen) atoms. The fraction of sp³-hybridized carbons (Fsp3) is 0.167. The maximum atomic E-state index is 13.7. The number of nitrogens with one attached hydrogen (secondary N) is 2. The Morgan fingerprint density at radius 1 is 1.06 bits per heavy atom. The molecule has 0 aliphatic carbocycles. The summed E-state index contributed by atoms with van der Waals surface area (Å²) in [6.45, 7) is 1.85. The van der Waals surface area contributed by atoms with Gasteiger partial charge in [0.2, 0.25) is 5.91 Å². The van der Waals surface area contributed by atoms with Gasteiger partial charge >= 0.3 is 0 Å². The molecular formula is C24H18Cl3N3O2S. The zero-order valence-corrected chi connectivity index (χ0v) is 20.4. The van der Waals surface area contributed by atoms with Crippen LogP contribution in [0.4, 0.5) is 11.4 Å². The quantitative estimate of drug-likeness (QED) is 0.391. The van der Waals surface area contributed by atoms with Gasteiger partial charge in [-0.25, -0.2) is 0 Å². The Bertz CT molecular complexity index is 1260. The van der Waals surface area contributed by atoms with Gasteiger partial charge in [-0.3, -0.25) is 9.69 Å². The maximum absolute atomic E-state index is 13.7. The number of nitrogens with zero attached hydrogens (tertiary/aromatic N) is 1. The molecule has 2 bridgehead atoms. The molecule has 0 aromatic heterocycles. The van der Waals surface area contributed by atoms with Crippen LogP contribution in [0.2, 0.25) is 15.1 Å². The number of thiocarbonyl (C=S) groups is 1. The first-order chi connectivity index (χ1) is 15.8. The van der Waals surface area contributed by atoms with Crippen LogP contribution in [0.3, 0.4) is 0 Å². The summed E-state index contributed by atoms with van der Waals surface area (Å²) < 4.78 is 6.53. The minimum Gasteiger partial charge on any atom is -0.465 e. The summed E-state index contributed by atoms with van der Waals surface area (Å²) >= 11 is 24.6. The largest absolute Gasteiger partial charge is 0.465 e. The molecule has 3 aromatic carbocycles. The minimum atomic E-state index is -1.17. The van der Waals surface area contributed by atoms with Crippen molar-refractivity contribution in [1.29, 1.82) is 0 Å². The fourth-order valence-electron chi connectivity index (χ4n) is 4.52. The van der Waals surface area contributed by atoms with Gasteiger partial charge in [0.15, 0.2) is 10.8 Å². The molecule has 2 N–H and O–H groups in total. The maximum Gasteiger partial charge on any atom is 0.236 e. The number of rotatable bonds is 3. The Hall–Kier alpha value is -2.51. The summed E-state index contributed by atoms with van der Waals surface area (Å²) in [4.78, 5) is 15.6. The highest BCUT2D eigenvalue weighted by Gasteiger charge is 2.59. The number of carbonyl (C=O) groups excluding carboxylic acids is 1. The van der Waals surface area contributed by atoms with E-state index in [9.17, 15) is 4.79 Å². The van der Waals surface area contributed by atoms with E-state index in [4.69, 9.17) is 51.8 Å². The van der Waals surface area contributed by atoms with Crippen LogP contribution < -0.4 is 20.3 Å². The lowest BCUT2D eigenvalue weighted by atomic mass is 9.78. The molecule has 1 amide bonds. The molecule has 1 saturated heterocycles. The van der Waals surface area contributed by atoms with Crippen LogP contribution in [-0.4, -0.2) is 16.7 Å². The number of hydrogen-bond acceptors (Lipinski definition) is 3. The van der Waals surface area contributed by atoms with E-state index in [1.54, 1.807) is 36.4 Å². The Morgan fingerprint density at radius 3 is 2.45 bits per heavy atom. The second kappa shape index (κ2) is 8.37. The molecule has 2 aliphatic rings. The van der Waals surface area contributed by atoms with Gasteiger partial charge in [0, 0.05) is 27.0 Å². The fourth-order valence-corrected chi connectivity index (χ4v) is 5.61. The number of halogens is 3. The Balaban J connectivity index is 1.64. The molecule has 1 fully saturated rings. The molecule has 0 unspecified atom stereocenters. The van der Waals surface area contributed by atoms with Crippen molar-refractivity contribution in [2.45, 2.75) is 18.7 Å². The van der Waals surface area contributed by atoms with E-state index >= 15 is 0 Å². The van der Waals surface area contributed by atoms with Crippen LogP contribution in [0, 0.1) is 5.92 Å². The lowest BCUT2D eigenvalue weighted by Crippen LogP contribution is -2.72. The van der Waals surface area contributed by atoms with E-state index in [1.165, 1.54) is 0 Å². The number of fused-ring (bicyclic) bond motifs is 4.